The zero-order valence-electron chi connectivity index (χ0n) is 9.33. The highest BCUT2D eigenvalue weighted by molar-refractivity contribution is 5.46. The molecule has 0 heterocycles. The molecule has 0 radical (unpaired) electrons. The molecule has 1 aromatic rings. The van der Waals surface area contributed by atoms with Gasteiger partial charge in [0.25, 0.3) is 0 Å². The molecule has 0 amide bonds. The smallest absolute Gasteiger partial charge is 0.0363 e. The van der Waals surface area contributed by atoms with Gasteiger partial charge in [-0.25, -0.2) is 0 Å². The Morgan fingerprint density at radius 1 is 1.29 bits per heavy atom. The molecule has 0 fully saturated rings. The molecule has 1 atom stereocenters. The van der Waals surface area contributed by atoms with Crippen LogP contribution in [0, 0.1) is 12.8 Å². The first-order valence-corrected chi connectivity index (χ1v) is 5.11. The molecular weight excluding hydrogens is 172 g/mol. The zero-order chi connectivity index (χ0) is 10.6. The van der Waals surface area contributed by atoms with Crippen LogP contribution in [0.5, 0.6) is 0 Å². The van der Waals surface area contributed by atoms with Crippen LogP contribution in [-0.2, 0) is 0 Å². The van der Waals surface area contributed by atoms with Gasteiger partial charge in [-0.15, -0.1) is 0 Å². The minimum atomic E-state index is 0.543. The quantitative estimate of drug-likeness (QED) is 0.791. The molecule has 0 spiro atoms. The van der Waals surface area contributed by atoms with Gasteiger partial charge in [0.15, 0.2) is 0 Å². The molecule has 0 saturated carbocycles. The Kier molecular flexibility index (Phi) is 3.96. The lowest BCUT2D eigenvalue weighted by molar-refractivity contribution is 0.590. The second kappa shape index (κ2) is 5.01. The number of aryl methyl sites for hydroxylation is 1. The topological polar surface area (TPSA) is 29.3 Å². The Morgan fingerprint density at radius 2 is 1.86 bits per heavy atom. The predicted octanol–water partition coefficient (Wildman–Crippen LogP) is 2.03. The monoisotopic (exact) mass is 192 g/mol. The number of nitrogens with two attached hydrogens (primary N) is 1. The van der Waals surface area contributed by atoms with E-state index in [1.54, 1.807) is 0 Å². The summed E-state index contributed by atoms with van der Waals surface area (Å²) in [5.41, 5.74) is 8.16. The lowest BCUT2D eigenvalue weighted by Gasteiger charge is -2.22. The van der Waals surface area contributed by atoms with Crippen LogP contribution in [-0.4, -0.2) is 20.1 Å². The molecule has 2 nitrogen and oxygen atoms in total. The molecular formula is C12H20N2. The van der Waals surface area contributed by atoms with Gasteiger partial charge in [-0.2, -0.15) is 0 Å². The van der Waals surface area contributed by atoms with Crippen LogP contribution < -0.4 is 10.6 Å². The standard InChI is InChI=1S/C12H20N2/c1-10-4-6-12(7-5-10)14(3)9-11(2)8-13/h4-7,11H,8-9,13H2,1-3H3. The highest BCUT2D eigenvalue weighted by atomic mass is 15.1. The Balaban J connectivity index is 2.60. The summed E-state index contributed by atoms with van der Waals surface area (Å²) in [7, 11) is 2.11. The van der Waals surface area contributed by atoms with E-state index in [2.05, 4.69) is 50.1 Å². The van der Waals surface area contributed by atoms with E-state index in [4.69, 9.17) is 5.73 Å². The van der Waals surface area contributed by atoms with Gasteiger partial charge in [0.2, 0.25) is 0 Å². The van der Waals surface area contributed by atoms with E-state index < -0.39 is 0 Å². The van der Waals surface area contributed by atoms with E-state index in [-0.39, 0.29) is 0 Å². The van der Waals surface area contributed by atoms with Gasteiger partial charge in [0.05, 0.1) is 0 Å². The van der Waals surface area contributed by atoms with E-state index in [1.165, 1.54) is 11.3 Å². The minimum Gasteiger partial charge on any atom is -0.374 e. The molecule has 0 saturated heterocycles. The summed E-state index contributed by atoms with van der Waals surface area (Å²) in [4.78, 5) is 2.25. The highest BCUT2D eigenvalue weighted by Crippen LogP contribution is 2.14. The van der Waals surface area contributed by atoms with E-state index in [0.29, 0.717) is 5.92 Å². The van der Waals surface area contributed by atoms with Crippen LogP contribution in [0.2, 0.25) is 0 Å². The van der Waals surface area contributed by atoms with Gasteiger partial charge in [0.1, 0.15) is 0 Å². The number of rotatable bonds is 4. The Bertz CT molecular complexity index is 266. The lowest BCUT2D eigenvalue weighted by Crippen LogP contribution is -2.28. The van der Waals surface area contributed by atoms with Crippen molar-refractivity contribution < 1.29 is 0 Å². The largest absolute Gasteiger partial charge is 0.374 e. The summed E-state index contributed by atoms with van der Waals surface area (Å²) in [5, 5.41) is 0. The summed E-state index contributed by atoms with van der Waals surface area (Å²) < 4.78 is 0. The zero-order valence-corrected chi connectivity index (χ0v) is 9.33. The highest BCUT2D eigenvalue weighted by Gasteiger charge is 2.04. The second-order valence-electron chi connectivity index (χ2n) is 4.06. The molecule has 0 bridgehead atoms. The Morgan fingerprint density at radius 3 is 2.36 bits per heavy atom. The van der Waals surface area contributed by atoms with Gasteiger partial charge in [-0.05, 0) is 31.5 Å². The molecule has 2 heteroatoms. The normalized spacial score (nSPS) is 12.6. The van der Waals surface area contributed by atoms with Crippen LogP contribution in [0.4, 0.5) is 5.69 Å². The number of hydrogen-bond acceptors (Lipinski definition) is 2. The first-order chi connectivity index (χ1) is 6.63. The SMILES string of the molecule is Cc1ccc(N(C)CC(C)CN)cc1. The van der Waals surface area contributed by atoms with Crippen LogP contribution in [0.1, 0.15) is 12.5 Å². The summed E-state index contributed by atoms with van der Waals surface area (Å²) in [5.74, 6) is 0.543. The van der Waals surface area contributed by atoms with Crippen molar-refractivity contribution in [2.24, 2.45) is 11.7 Å². The third-order valence-corrected chi connectivity index (χ3v) is 2.46. The van der Waals surface area contributed by atoms with Crippen LogP contribution in [0.25, 0.3) is 0 Å². The van der Waals surface area contributed by atoms with Crippen molar-refractivity contribution in [3.63, 3.8) is 0 Å². The Labute approximate surface area is 86.7 Å². The number of anilines is 1. The molecule has 78 valence electrons. The number of nitrogens with zero attached hydrogens (tertiary/aromatic N) is 1. The van der Waals surface area contributed by atoms with Gasteiger partial charge in [-0.3, -0.25) is 0 Å². The van der Waals surface area contributed by atoms with Gasteiger partial charge >= 0.3 is 0 Å². The van der Waals surface area contributed by atoms with Crippen molar-refractivity contribution in [3.8, 4) is 0 Å². The van der Waals surface area contributed by atoms with Crippen LogP contribution in [0.15, 0.2) is 24.3 Å². The van der Waals surface area contributed by atoms with E-state index in [0.717, 1.165) is 13.1 Å². The molecule has 1 unspecified atom stereocenters. The van der Waals surface area contributed by atoms with E-state index in [1.807, 2.05) is 0 Å². The first kappa shape index (κ1) is 11.1. The van der Waals surface area contributed by atoms with Crippen molar-refractivity contribution in [3.05, 3.63) is 29.8 Å². The molecule has 14 heavy (non-hydrogen) atoms. The summed E-state index contributed by atoms with van der Waals surface area (Å²) in [6, 6.07) is 8.58. The maximum Gasteiger partial charge on any atom is 0.0363 e. The van der Waals surface area contributed by atoms with Crippen LogP contribution >= 0.6 is 0 Å². The maximum absolute atomic E-state index is 5.60. The van der Waals surface area contributed by atoms with Gasteiger partial charge < -0.3 is 10.6 Å². The summed E-state index contributed by atoms with van der Waals surface area (Å²) in [6.45, 7) is 6.03. The molecule has 1 aromatic carbocycles. The molecule has 0 aliphatic carbocycles. The number of benzene rings is 1. The first-order valence-electron chi connectivity index (χ1n) is 5.11. The molecule has 0 aliphatic heterocycles. The maximum atomic E-state index is 5.60. The fourth-order valence-corrected chi connectivity index (χ4v) is 1.45. The van der Waals surface area contributed by atoms with E-state index >= 15 is 0 Å². The Hall–Kier alpha value is -1.02. The van der Waals surface area contributed by atoms with Crippen molar-refractivity contribution in [1.82, 2.24) is 0 Å². The minimum absolute atomic E-state index is 0.543. The van der Waals surface area contributed by atoms with Crippen molar-refractivity contribution in [1.29, 1.82) is 0 Å². The van der Waals surface area contributed by atoms with Crippen molar-refractivity contribution in [2.45, 2.75) is 13.8 Å². The number of hydrogen-bond donors (Lipinski definition) is 1. The molecule has 1 rings (SSSR count). The molecule has 0 aliphatic rings. The van der Waals surface area contributed by atoms with Gasteiger partial charge in [-0.1, -0.05) is 24.6 Å². The lowest BCUT2D eigenvalue weighted by atomic mass is 10.1. The van der Waals surface area contributed by atoms with Crippen molar-refractivity contribution >= 4 is 5.69 Å². The fraction of sp³-hybridized carbons (Fsp3) is 0.500. The average Bonchev–Trinajstić information content (AvgIpc) is 2.18. The average molecular weight is 192 g/mol. The third kappa shape index (κ3) is 3.04. The van der Waals surface area contributed by atoms with Crippen molar-refractivity contribution in [2.75, 3.05) is 25.0 Å². The third-order valence-electron chi connectivity index (χ3n) is 2.46. The van der Waals surface area contributed by atoms with Crippen LogP contribution in [0.3, 0.4) is 0 Å². The van der Waals surface area contributed by atoms with Gasteiger partial charge in [0, 0.05) is 19.3 Å². The van der Waals surface area contributed by atoms with E-state index in [9.17, 15) is 0 Å². The summed E-state index contributed by atoms with van der Waals surface area (Å²) >= 11 is 0. The second-order valence-corrected chi connectivity index (χ2v) is 4.06. The summed E-state index contributed by atoms with van der Waals surface area (Å²) in [6.07, 6.45) is 0. The predicted molar refractivity (Wildman–Crippen MR) is 62.7 cm³/mol. The molecule has 0 aromatic heterocycles. The fourth-order valence-electron chi connectivity index (χ4n) is 1.45. The molecule has 2 N–H and O–H groups in total.